The van der Waals surface area contributed by atoms with Crippen molar-refractivity contribution in [2.75, 3.05) is 25.1 Å². The van der Waals surface area contributed by atoms with Crippen LogP contribution in [-0.2, 0) is 6.54 Å². The van der Waals surface area contributed by atoms with E-state index in [1.807, 2.05) is 28.8 Å². The van der Waals surface area contributed by atoms with Crippen molar-refractivity contribution in [2.24, 2.45) is 5.92 Å². The average molecular weight is 387 g/mol. The van der Waals surface area contributed by atoms with Crippen molar-refractivity contribution >= 4 is 27.8 Å². The van der Waals surface area contributed by atoms with E-state index in [2.05, 4.69) is 25.9 Å². The number of aromatic amines is 1. The van der Waals surface area contributed by atoms with Gasteiger partial charge < -0.3 is 19.2 Å². The lowest BCUT2D eigenvalue weighted by atomic mass is 9.83. The van der Waals surface area contributed by atoms with Gasteiger partial charge in [-0.2, -0.15) is 0 Å². The Labute approximate surface area is 167 Å². The molecule has 1 saturated heterocycles. The van der Waals surface area contributed by atoms with Gasteiger partial charge in [-0.25, -0.2) is 9.97 Å². The minimum absolute atomic E-state index is 0.111. The highest BCUT2D eigenvalue weighted by Crippen LogP contribution is 2.38. The van der Waals surface area contributed by atoms with Crippen molar-refractivity contribution in [2.45, 2.75) is 18.9 Å². The Hall–Kier alpha value is -3.35. The van der Waals surface area contributed by atoms with Gasteiger partial charge in [0.1, 0.15) is 23.1 Å². The van der Waals surface area contributed by atoms with E-state index in [9.17, 15) is 4.79 Å². The number of pyridine rings is 1. The normalized spacial score (nSPS) is 20.8. The van der Waals surface area contributed by atoms with E-state index in [1.54, 1.807) is 19.5 Å². The van der Waals surface area contributed by atoms with Gasteiger partial charge in [-0.1, -0.05) is 6.07 Å². The van der Waals surface area contributed by atoms with Gasteiger partial charge in [0.05, 0.1) is 7.11 Å². The number of anilines is 1. The molecule has 0 radical (unpaired) electrons. The lowest BCUT2D eigenvalue weighted by Crippen LogP contribution is -2.47. The van der Waals surface area contributed by atoms with Crippen LogP contribution in [0.3, 0.4) is 0 Å². The summed E-state index contributed by atoms with van der Waals surface area (Å²) in [5, 5.41) is 1.04. The highest BCUT2D eigenvalue weighted by atomic mass is 16.5. The molecule has 7 nitrogen and oxygen atoms in total. The van der Waals surface area contributed by atoms with Crippen molar-refractivity contribution < 1.29 is 4.74 Å². The number of methoxy groups -OCH3 is 1. The molecule has 29 heavy (non-hydrogen) atoms. The summed E-state index contributed by atoms with van der Waals surface area (Å²) in [7, 11) is 1.67. The third kappa shape index (κ3) is 2.46. The smallest absolute Gasteiger partial charge is 0.250 e. The molecule has 2 aliphatic heterocycles. The predicted molar refractivity (Wildman–Crippen MR) is 112 cm³/mol. The summed E-state index contributed by atoms with van der Waals surface area (Å²) < 4.78 is 7.34. The number of benzene rings is 1. The standard InChI is InChI=1S/C22H21N5O2/c1-29-15-5-6-17-16(8-15)20-21(25-17)22(24-12-23-20)26-9-13-7-14(11-26)18-3-2-4-19(28)27(18)10-13/h2-6,8,12-14,25H,7,9-11H2,1H3. The molecule has 6 rings (SSSR count). The van der Waals surface area contributed by atoms with Crippen LogP contribution in [0.25, 0.3) is 21.9 Å². The third-order valence-electron chi connectivity index (χ3n) is 6.35. The van der Waals surface area contributed by atoms with Crippen LogP contribution in [0, 0.1) is 5.92 Å². The molecule has 2 unspecified atom stereocenters. The van der Waals surface area contributed by atoms with Gasteiger partial charge in [0.25, 0.3) is 5.56 Å². The number of nitrogens with one attached hydrogen (secondary N) is 1. The van der Waals surface area contributed by atoms with Gasteiger partial charge in [-0.3, -0.25) is 4.79 Å². The number of nitrogens with zero attached hydrogens (tertiary/aromatic N) is 4. The van der Waals surface area contributed by atoms with Gasteiger partial charge in [0.2, 0.25) is 0 Å². The van der Waals surface area contributed by atoms with E-state index in [1.165, 1.54) is 0 Å². The van der Waals surface area contributed by atoms with Crippen molar-refractivity contribution in [1.82, 2.24) is 19.5 Å². The van der Waals surface area contributed by atoms with Crippen molar-refractivity contribution in [3.63, 3.8) is 0 Å². The largest absolute Gasteiger partial charge is 0.497 e. The zero-order chi connectivity index (χ0) is 19.5. The lowest BCUT2D eigenvalue weighted by molar-refractivity contribution is 0.281. The molecule has 7 heteroatoms. The third-order valence-corrected chi connectivity index (χ3v) is 6.35. The molecule has 0 amide bonds. The van der Waals surface area contributed by atoms with Crippen LogP contribution in [0.2, 0.25) is 0 Å². The summed E-state index contributed by atoms with van der Waals surface area (Å²) >= 11 is 0. The monoisotopic (exact) mass is 387 g/mol. The molecule has 146 valence electrons. The molecular weight excluding hydrogens is 366 g/mol. The van der Waals surface area contributed by atoms with Crippen LogP contribution < -0.4 is 15.2 Å². The summed E-state index contributed by atoms with van der Waals surface area (Å²) in [6.45, 7) is 2.52. The van der Waals surface area contributed by atoms with Gasteiger partial charge in [-0.05, 0) is 36.6 Å². The first kappa shape index (κ1) is 16.6. The molecule has 3 aromatic heterocycles. The second-order valence-corrected chi connectivity index (χ2v) is 8.06. The molecule has 1 N–H and O–H groups in total. The summed E-state index contributed by atoms with van der Waals surface area (Å²) in [4.78, 5) is 27.4. The fraction of sp³-hybridized carbons (Fsp3) is 0.318. The highest BCUT2D eigenvalue weighted by molar-refractivity contribution is 6.08. The molecule has 1 aromatic carbocycles. The molecule has 0 aliphatic carbocycles. The Bertz CT molecular complexity index is 1310. The fourth-order valence-electron chi connectivity index (χ4n) is 5.09. The zero-order valence-electron chi connectivity index (χ0n) is 16.1. The Morgan fingerprint density at radius 2 is 2.07 bits per heavy atom. The number of aromatic nitrogens is 4. The van der Waals surface area contributed by atoms with E-state index in [0.717, 1.165) is 65.3 Å². The number of fused-ring (bicyclic) bond motifs is 7. The topological polar surface area (TPSA) is 76.0 Å². The van der Waals surface area contributed by atoms with Crippen LogP contribution in [0.4, 0.5) is 5.82 Å². The van der Waals surface area contributed by atoms with Gasteiger partial charge in [0.15, 0.2) is 5.82 Å². The number of ether oxygens (including phenoxy) is 1. The van der Waals surface area contributed by atoms with Crippen LogP contribution in [0.15, 0.2) is 47.5 Å². The molecule has 0 spiro atoms. The Kier molecular flexibility index (Phi) is 3.47. The second kappa shape index (κ2) is 6.07. The van der Waals surface area contributed by atoms with Crippen LogP contribution in [-0.4, -0.2) is 39.7 Å². The van der Waals surface area contributed by atoms with Crippen molar-refractivity contribution in [3.05, 3.63) is 58.8 Å². The summed E-state index contributed by atoms with van der Waals surface area (Å²) in [6, 6.07) is 11.6. The van der Waals surface area contributed by atoms with Crippen molar-refractivity contribution in [1.29, 1.82) is 0 Å². The number of rotatable bonds is 2. The zero-order valence-corrected chi connectivity index (χ0v) is 16.1. The summed E-state index contributed by atoms with van der Waals surface area (Å²) in [5.74, 6) is 2.53. The first-order valence-corrected chi connectivity index (χ1v) is 9.96. The molecule has 2 bridgehead atoms. The van der Waals surface area contributed by atoms with Gasteiger partial charge in [-0.15, -0.1) is 0 Å². The quantitative estimate of drug-likeness (QED) is 0.572. The number of hydrogen-bond donors (Lipinski definition) is 1. The van der Waals surface area contributed by atoms with Crippen LogP contribution in [0.1, 0.15) is 18.0 Å². The molecule has 4 aromatic rings. The maximum Gasteiger partial charge on any atom is 0.250 e. The molecule has 5 heterocycles. The minimum atomic E-state index is 0.111. The first-order chi connectivity index (χ1) is 14.2. The maximum atomic E-state index is 12.3. The first-order valence-electron chi connectivity index (χ1n) is 9.96. The van der Waals surface area contributed by atoms with Gasteiger partial charge >= 0.3 is 0 Å². The maximum absolute atomic E-state index is 12.3. The highest BCUT2D eigenvalue weighted by Gasteiger charge is 2.35. The van der Waals surface area contributed by atoms with Crippen molar-refractivity contribution in [3.8, 4) is 5.75 Å². The Morgan fingerprint density at radius 1 is 1.14 bits per heavy atom. The van der Waals surface area contributed by atoms with E-state index < -0.39 is 0 Å². The Morgan fingerprint density at radius 3 is 2.97 bits per heavy atom. The molecule has 2 aliphatic rings. The summed E-state index contributed by atoms with van der Waals surface area (Å²) in [6.07, 6.45) is 2.77. The van der Waals surface area contributed by atoms with Gasteiger partial charge in [0, 0.05) is 48.2 Å². The van der Waals surface area contributed by atoms with E-state index in [-0.39, 0.29) is 5.56 Å². The lowest BCUT2D eigenvalue weighted by Gasteiger charge is -2.43. The molecular formula is C22H21N5O2. The summed E-state index contributed by atoms with van der Waals surface area (Å²) in [5.41, 5.74) is 4.15. The van der Waals surface area contributed by atoms with E-state index in [0.29, 0.717) is 11.8 Å². The average Bonchev–Trinajstić information content (AvgIpc) is 3.12. The number of hydrogen-bond acceptors (Lipinski definition) is 5. The van der Waals surface area contributed by atoms with Crippen LogP contribution in [0.5, 0.6) is 5.75 Å². The predicted octanol–water partition coefficient (Wildman–Crippen LogP) is 2.91. The molecule has 0 saturated carbocycles. The number of H-pyrrole nitrogens is 1. The Balaban J connectivity index is 1.45. The molecule has 2 atom stereocenters. The van der Waals surface area contributed by atoms with E-state index >= 15 is 0 Å². The SMILES string of the molecule is COc1ccc2[nH]c3c(N4CC5CC(C4)c4cccc(=O)n4C5)ncnc3c2c1. The van der Waals surface area contributed by atoms with Crippen LogP contribution >= 0.6 is 0 Å². The number of piperidine rings is 1. The fourth-order valence-corrected chi connectivity index (χ4v) is 5.09. The molecule has 1 fully saturated rings. The van der Waals surface area contributed by atoms with E-state index in [4.69, 9.17) is 4.74 Å². The minimum Gasteiger partial charge on any atom is -0.497 e. The second-order valence-electron chi connectivity index (χ2n) is 8.06.